The number of nitrogens with one attached hydrogen (secondary N) is 1. The van der Waals surface area contributed by atoms with Crippen molar-refractivity contribution in [1.29, 1.82) is 0 Å². The molecule has 1 aromatic rings. The number of hydrogen-bond donors (Lipinski definition) is 1. The second-order valence-electron chi connectivity index (χ2n) is 5.57. The molecule has 0 aliphatic heterocycles. The summed E-state index contributed by atoms with van der Waals surface area (Å²) < 4.78 is 0. The predicted molar refractivity (Wildman–Crippen MR) is 77.1 cm³/mol. The van der Waals surface area contributed by atoms with Crippen molar-refractivity contribution in [2.45, 2.75) is 40.7 Å². The Hall–Kier alpha value is -1.57. The molecule has 0 fully saturated rings. The third-order valence-corrected chi connectivity index (χ3v) is 2.54. The van der Waals surface area contributed by atoms with Gasteiger partial charge in [0.15, 0.2) is 0 Å². The van der Waals surface area contributed by atoms with Gasteiger partial charge in [0.1, 0.15) is 0 Å². The molecule has 18 heavy (non-hydrogen) atoms. The molecule has 0 aliphatic carbocycles. The topological polar surface area (TPSA) is 29.1 Å². The summed E-state index contributed by atoms with van der Waals surface area (Å²) in [5.74, 6) is 0.0886. The molecule has 2 heteroatoms. The molecule has 2 nitrogen and oxygen atoms in total. The molecule has 0 aliphatic rings. The fraction of sp³-hybridized carbons (Fsp3) is 0.438. The molecule has 1 N–H and O–H groups in total. The Morgan fingerprint density at radius 1 is 1.33 bits per heavy atom. The van der Waals surface area contributed by atoms with Crippen molar-refractivity contribution in [1.82, 2.24) is 5.32 Å². The van der Waals surface area contributed by atoms with Gasteiger partial charge >= 0.3 is 0 Å². The Balaban J connectivity index is 2.68. The summed E-state index contributed by atoms with van der Waals surface area (Å²) in [5, 5.41) is 2.89. The summed E-state index contributed by atoms with van der Waals surface area (Å²) in [4.78, 5) is 11.2. The average molecular weight is 245 g/mol. The summed E-state index contributed by atoms with van der Waals surface area (Å²) >= 11 is 0. The molecular formula is C16H23NO. The number of benzene rings is 1. The molecule has 0 atom stereocenters. The van der Waals surface area contributed by atoms with Gasteiger partial charge < -0.3 is 5.32 Å². The summed E-state index contributed by atoms with van der Waals surface area (Å²) in [6.45, 7) is 8.99. The van der Waals surface area contributed by atoms with Crippen LogP contribution in [0.3, 0.4) is 0 Å². The van der Waals surface area contributed by atoms with Gasteiger partial charge in [0, 0.05) is 13.0 Å². The van der Waals surface area contributed by atoms with E-state index in [-0.39, 0.29) is 11.3 Å². The first-order chi connectivity index (χ1) is 8.40. The Labute approximate surface area is 110 Å². The van der Waals surface area contributed by atoms with E-state index in [1.165, 1.54) is 5.56 Å². The van der Waals surface area contributed by atoms with Gasteiger partial charge in [0.2, 0.25) is 5.91 Å². The molecule has 98 valence electrons. The highest BCUT2D eigenvalue weighted by atomic mass is 16.1. The average Bonchev–Trinajstić information content (AvgIpc) is 2.33. The highest BCUT2D eigenvalue weighted by molar-refractivity contribution is 5.75. The van der Waals surface area contributed by atoms with Gasteiger partial charge in [-0.1, -0.05) is 58.0 Å². The zero-order valence-electron chi connectivity index (χ0n) is 11.8. The maximum absolute atomic E-state index is 11.2. The lowest BCUT2D eigenvalue weighted by Gasteiger charge is -2.11. The molecule has 0 spiro atoms. The van der Waals surface area contributed by atoms with E-state index in [1.807, 2.05) is 19.1 Å². The molecule has 0 heterocycles. The van der Waals surface area contributed by atoms with Crippen LogP contribution in [0.4, 0.5) is 0 Å². The monoisotopic (exact) mass is 245 g/mol. The molecule has 0 unspecified atom stereocenters. The molecule has 0 saturated carbocycles. The summed E-state index contributed by atoms with van der Waals surface area (Å²) in [5.41, 5.74) is 2.49. The summed E-state index contributed by atoms with van der Waals surface area (Å²) in [6, 6.07) is 8.24. The third-order valence-electron chi connectivity index (χ3n) is 2.54. The number of carbonyl (C=O) groups is 1. The SMILES string of the molecule is CCC(=O)NCc1cccc(/C=C/C(C)(C)C)c1. The van der Waals surface area contributed by atoms with Gasteiger partial charge in [0.05, 0.1) is 0 Å². The molecule has 1 amide bonds. The highest BCUT2D eigenvalue weighted by Crippen LogP contribution is 2.17. The Bertz CT molecular complexity index is 427. The molecule has 0 radical (unpaired) electrons. The van der Waals surface area contributed by atoms with Crippen LogP contribution in [0.15, 0.2) is 30.3 Å². The first kappa shape index (κ1) is 14.5. The molecule has 1 aromatic carbocycles. The van der Waals surface area contributed by atoms with Gasteiger partial charge in [-0.25, -0.2) is 0 Å². The number of rotatable bonds is 4. The number of carbonyl (C=O) groups excluding carboxylic acids is 1. The van der Waals surface area contributed by atoms with Crippen LogP contribution in [-0.4, -0.2) is 5.91 Å². The van der Waals surface area contributed by atoms with E-state index in [2.05, 4.69) is 50.4 Å². The molecule has 0 bridgehead atoms. The van der Waals surface area contributed by atoms with Crippen LogP contribution < -0.4 is 5.32 Å². The highest BCUT2D eigenvalue weighted by Gasteiger charge is 2.03. The van der Waals surface area contributed by atoms with Crippen molar-refractivity contribution < 1.29 is 4.79 Å². The Morgan fingerprint density at radius 3 is 2.67 bits per heavy atom. The third kappa shape index (κ3) is 5.67. The minimum atomic E-state index is 0.0886. The maximum Gasteiger partial charge on any atom is 0.219 e. The van der Waals surface area contributed by atoms with Crippen LogP contribution in [0, 0.1) is 5.41 Å². The van der Waals surface area contributed by atoms with Crippen molar-refractivity contribution in [2.75, 3.05) is 0 Å². The van der Waals surface area contributed by atoms with Gasteiger partial charge in [-0.15, -0.1) is 0 Å². The number of hydrogen-bond acceptors (Lipinski definition) is 1. The maximum atomic E-state index is 11.2. The molecule has 1 rings (SSSR count). The first-order valence-corrected chi connectivity index (χ1v) is 6.45. The van der Waals surface area contributed by atoms with Crippen molar-refractivity contribution in [3.63, 3.8) is 0 Å². The fourth-order valence-electron chi connectivity index (χ4n) is 1.48. The van der Waals surface area contributed by atoms with E-state index in [1.54, 1.807) is 0 Å². The van der Waals surface area contributed by atoms with Crippen molar-refractivity contribution in [3.05, 3.63) is 41.5 Å². The van der Waals surface area contributed by atoms with Gasteiger partial charge in [-0.05, 0) is 22.6 Å². The van der Waals surface area contributed by atoms with Crippen LogP contribution in [0.25, 0.3) is 6.08 Å². The minimum Gasteiger partial charge on any atom is -0.352 e. The van der Waals surface area contributed by atoms with Crippen LogP contribution in [0.2, 0.25) is 0 Å². The van der Waals surface area contributed by atoms with Crippen molar-refractivity contribution in [3.8, 4) is 0 Å². The van der Waals surface area contributed by atoms with Crippen LogP contribution in [0.5, 0.6) is 0 Å². The minimum absolute atomic E-state index is 0.0886. The first-order valence-electron chi connectivity index (χ1n) is 6.45. The van der Waals surface area contributed by atoms with Gasteiger partial charge in [0.25, 0.3) is 0 Å². The Kier molecular flexibility index (Phi) is 5.14. The van der Waals surface area contributed by atoms with Gasteiger partial charge in [-0.2, -0.15) is 0 Å². The predicted octanol–water partition coefficient (Wildman–Crippen LogP) is 3.77. The summed E-state index contributed by atoms with van der Waals surface area (Å²) in [6.07, 6.45) is 4.85. The van der Waals surface area contributed by atoms with E-state index in [0.29, 0.717) is 13.0 Å². The van der Waals surface area contributed by atoms with Crippen molar-refractivity contribution >= 4 is 12.0 Å². The second kappa shape index (κ2) is 6.39. The van der Waals surface area contributed by atoms with Crippen LogP contribution in [0.1, 0.15) is 45.2 Å². The zero-order valence-corrected chi connectivity index (χ0v) is 11.8. The van der Waals surface area contributed by atoms with Gasteiger partial charge in [-0.3, -0.25) is 4.79 Å². The normalized spacial score (nSPS) is 11.8. The zero-order chi connectivity index (χ0) is 13.6. The number of amides is 1. The standard InChI is InChI=1S/C16H23NO/c1-5-15(18)17-12-14-8-6-7-13(11-14)9-10-16(2,3)4/h6-11H,5,12H2,1-4H3,(H,17,18)/b10-9+. The fourth-order valence-corrected chi connectivity index (χ4v) is 1.48. The second-order valence-corrected chi connectivity index (χ2v) is 5.57. The van der Waals surface area contributed by atoms with Crippen LogP contribution in [-0.2, 0) is 11.3 Å². The molecular weight excluding hydrogens is 222 g/mol. The Morgan fingerprint density at radius 2 is 2.06 bits per heavy atom. The van der Waals surface area contributed by atoms with E-state index < -0.39 is 0 Å². The van der Waals surface area contributed by atoms with E-state index in [4.69, 9.17) is 0 Å². The molecule has 0 saturated heterocycles. The van der Waals surface area contributed by atoms with E-state index in [0.717, 1.165) is 5.56 Å². The quantitative estimate of drug-likeness (QED) is 0.859. The van der Waals surface area contributed by atoms with Crippen molar-refractivity contribution in [2.24, 2.45) is 5.41 Å². The lowest BCUT2D eigenvalue weighted by atomic mass is 9.95. The smallest absolute Gasteiger partial charge is 0.219 e. The largest absolute Gasteiger partial charge is 0.352 e. The van der Waals surface area contributed by atoms with E-state index in [9.17, 15) is 4.79 Å². The molecule has 0 aromatic heterocycles. The van der Waals surface area contributed by atoms with Crippen LogP contribution >= 0.6 is 0 Å². The van der Waals surface area contributed by atoms with E-state index >= 15 is 0 Å². The number of allylic oxidation sites excluding steroid dienone is 1. The summed E-state index contributed by atoms with van der Waals surface area (Å²) in [7, 11) is 0. The lowest BCUT2D eigenvalue weighted by Crippen LogP contribution is -2.21. The lowest BCUT2D eigenvalue weighted by molar-refractivity contribution is -0.120.